The van der Waals surface area contributed by atoms with Crippen molar-refractivity contribution in [1.82, 2.24) is 9.80 Å². The standard InChI is InChI=1S/C22H25N3O/c23-17-22(26)11-12-25(14-19-9-5-2-6-10-19)21-16-24(15-20(21)22)13-18-7-3-1-4-8-18/h1-10,20-21,26H,11-16H2. The summed E-state index contributed by atoms with van der Waals surface area (Å²) in [5, 5.41) is 20.5. The lowest BCUT2D eigenvalue weighted by Crippen LogP contribution is -2.56. The molecule has 0 spiro atoms. The Morgan fingerprint density at radius 3 is 2.19 bits per heavy atom. The molecule has 3 unspecified atom stereocenters. The number of nitriles is 1. The highest BCUT2D eigenvalue weighted by Crippen LogP contribution is 2.38. The fourth-order valence-corrected chi connectivity index (χ4v) is 4.49. The maximum atomic E-state index is 10.9. The molecule has 0 aromatic heterocycles. The first-order chi connectivity index (χ1) is 12.7. The summed E-state index contributed by atoms with van der Waals surface area (Å²) in [6.07, 6.45) is 0.524. The van der Waals surface area contributed by atoms with Crippen LogP contribution >= 0.6 is 0 Å². The monoisotopic (exact) mass is 347 g/mol. The topological polar surface area (TPSA) is 50.5 Å². The summed E-state index contributed by atoms with van der Waals surface area (Å²) in [5.74, 6) is -0.0197. The molecule has 4 nitrogen and oxygen atoms in total. The maximum Gasteiger partial charge on any atom is 0.157 e. The molecule has 2 aliphatic heterocycles. The Kier molecular flexibility index (Phi) is 4.78. The third-order valence-electron chi connectivity index (χ3n) is 5.90. The molecule has 0 bridgehead atoms. The molecule has 2 heterocycles. The average Bonchev–Trinajstić information content (AvgIpc) is 3.11. The lowest BCUT2D eigenvalue weighted by Gasteiger charge is -2.43. The van der Waals surface area contributed by atoms with E-state index >= 15 is 0 Å². The normalized spacial score (nSPS) is 29.2. The zero-order valence-electron chi connectivity index (χ0n) is 15.0. The van der Waals surface area contributed by atoms with Crippen molar-refractivity contribution in [2.45, 2.75) is 31.2 Å². The first-order valence-electron chi connectivity index (χ1n) is 9.36. The first kappa shape index (κ1) is 17.2. The van der Waals surface area contributed by atoms with E-state index in [9.17, 15) is 10.4 Å². The molecule has 2 aromatic carbocycles. The van der Waals surface area contributed by atoms with Crippen LogP contribution in [0.4, 0.5) is 0 Å². The van der Waals surface area contributed by atoms with E-state index in [4.69, 9.17) is 0 Å². The predicted octanol–water partition coefficient (Wildman–Crippen LogP) is 2.65. The average molecular weight is 347 g/mol. The van der Waals surface area contributed by atoms with E-state index < -0.39 is 5.60 Å². The Morgan fingerprint density at radius 2 is 1.58 bits per heavy atom. The van der Waals surface area contributed by atoms with E-state index in [2.05, 4.69) is 64.4 Å². The van der Waals surface area contributed by atoms with Gasteiger partial charge in [0.05, 0.1) is 6.07 Å². The zero-order chi connectivity index (χ0) is 18.0. The minimum Gasteiger partial charge on any atom is -0.375 e. The molecular weight excluding hydrogens is 322 g/mol. The van der Waals surface area contributed by atoms with Gasteiger partial charge < -0.3 is 5.11 Å². The van der Waals surface area contributed by atoms with E-state index in [-0.39, 0.29) is 12.0 Å². The van der Waals surface area contributed by atoms with Crippen molar-refractivity contribution in [2.75, 3.05) is 19.6 Å². The number of aliphatic hydroxyl groups is 1. The van der Waals surface area contributed by atoms with Gasteiger partial charge in [0.1, 0.15) is 0 Å². The zero-order valence-corrected chi connectivity index (χ0v) is 15.0. The van der Waals surface area contributed by atoms with Gasteiger partial charge in [0.25, 0.3) is 0 Å². The van der Waals surface area contributed by atoms with Gasteiger partial charge in [-0.1, -0.05) is 60.7 Å². The fourth-order valence-electron chi connectivity index (χ4n) is 4.49. The van der Waals surface area contributed by atoms with Crippen LogP contribution in [0.15, 0.2) is 60.7 Å². The van der Waals surface area contributed by atoms with E-state index in [0.29, 0.717) is 6.42 Å². The largest absolute Gasteiger partial charge is 0.375 e. The Hall–Kier alpha value is -2.19. The van der Waals surface area contributed by atoms with E-state index in [1.54, 1.807) is 0 Å². The van der Waals surface area contributed by atoms with Gasteiger partial charge in [-0.05, 0) is 11.1 Å². The van der Waals surface area contributed by atoms with Gasteiger partial charge in [-0.15, -0.1) is 0 Å². The molecule has 0 aliphatic carbocycles. The highest BCUT2D eigenvalue weighted by atomic mass is 16.3. The molecule has 4 heteroatoms. The van der Waals surface area contributed by atoms with Gasteiger partial charge in [-0.2, -0.15) is 5.26 Å². The summed E-state index contributed by atoms with van der Waals surface area (Å²) < 4.78 is 0. The van der Waals surface area contributed by atoms with Gasteiger partial charge in [0.2, 0.25) is 0 Å². The minimum absolute atomic E-state index is 0.0197. The summed E-state index contributed by atoms with van der Waals surface area (Å²) in [6, 6.07) is 23.3. The molecule has 2 fully saturated rings. The van der Waals surface area contributed by atoms with Crippen molar-refractivity contribution in [3.63, 3.8) is 0 Å². The van der Waals surface area contributed by atoms with Gasteiger partial charge in [0, 0.05) is 51.1 Å². The van der Waals surface area contributed by atoms with Crippen LogP contribution in [0.5, 0.6) is 0 Å². The molecule has 3 atom stereocenters. The molecular formula is C22H25N3O. The Balaban J connectivity index is 1.53. The summed E-state index contributed by atoms with van der Waals surface area (Å²) in [6.45, 7) is 4.18. The third-order valence-corrected chi connectivity index (χ3v) is 5.90. The highest BCUT2D eigenvalue weighted by Gasteiger charge is 2.52. The smallest absolute Gasteiger partial charge is 0.157 e. The number of fused-ring (bicyclic) bond motifs is 1. The number of likely N-dealkylation sites (tertiary alicyclic amines) is 2. The number of hydrogen-bond donors (Lipinski definition) is 1. The second kappa shape index (κ2) is 7.20. The summed E-state index contributed by atoms with van der Waals surface area (Å²) in [5.41, 5.74) is 1.36. The summed E-state index contributed by atoms with van der Waals surface area (Å²) >= 11 is 0. The van der Waals surface area contributed by atoms with Crippen molar-refractivity contribution >= 4 is 0 Å². The number of rotatable bonds is 4. The summed E-state index contributed by atoms with van der Waals surface area (Å²) in [4.78, 5) is 4.84. The first-order valence-corrected chi connectivity index (χ1v) is 9.36. The van der Waals surface area contributed by atoms with Crippen molar-refractivity contribution in [3.8, 4) is 6.07 Å². The lowest BCUT2D eigenvalue weighted by atomic mass is 9.78. The molecule has 0 radical (unpaired) electrons. The van der Waals surface area contributed by atoms with Crippen LogP contribution in [0, 0.1) is 17.2 Å². The van der Waals surface area contributed by atoms with Gasteiger partial charge >= 0.3 is 0 Å². The van der Waals surface area contributed by atoms with Gasteiger partial charge in [-0.25, -0.2) is 0 Å². The van der Waals surface area contributed by atoms with Crippen LogP contribution in [-0.2, 0) is 13.1 Å². The maximum absolute atomic E-state index is 10.9. The SMILES string of the molecule is N#CC1(O)CCN(Cc2ccccc2)C2CN(Cc3ccccc3)CC21. The van der Waals surface area contributed by atoms with Crippen LogP contribution in [0.1, 0.15) is 17.5 Å². The van der Waals surface area contributed by atoms with Crippen molar-refractivity contribution in [1.29, 1.82) is 5.26 Å². The highest BCUT2D eigenvalue weighted by molar-refractivity contribution is 5.20. The Morgan fingerprint density at radius 1 is 0.962 bits per heavy atom. The number of benzene rings is 2. The van der Waals surface area contributed by atoms with E-state index in [1.165, 1.54) is 11.1 Å². The Bertz CT molecular complexity index is 773. The van der Waals surface area contributed by atoms with Gasteiger partial charge in [-0.3, -0.25) is 9.80 Å². The van der Waals surface area contributed by atoms with Crippen molar-refractivity contribution < 1.29 is 5.11 Å². The van der Waals surface area contributed by atoms with Crippen LogP contribution in [-0.4, -0.2) is 46.2 Å². The molecule has 1 N–H and O–H groups in total. The molecule has 26 heavy (non-hydrogen) atoms. The molecule has 0 amide bonds. The number of hydrogen-bond acceptors (Lipinski definition) is 4. The number of nitrogens with zero attached hydrogens (tertiary/aromatic N) is 3. The molecule has 2 aromatic rings. The quantitative estimate of drug-likeness (QED) is 0.864. The number of piperidine rings is 1. The second-order valence-corrected chi connectivity index (χ2v) is 7.60. The minimum atomic E-state index is -1.21. The Labute approximate surface area is 155 Å². The van der Waals surface area contributed by atoms with Crippen LogP contribution in [0.2, 0.25) is 0 Å². The van der Waals surface area contributed by atoms with Crippen LogP contribution < -0.4 is 0 Å². The van der Waals surface area contributed by atoms with E-state index in [0.717, 1.165) is 32.7 Å². The molecule has 2 aliphatic rings. The van der Waals surface area contributed by atoms with E-state index in [1.807, 2.05) is 12.1 Å². The fraction of sp³-hybridized carbons (Fsp3) is 0.409. The van der Waals surface area contributed by atoms with Gasteiger partial charge in [0.15, 0.2) is 5.60 Å². The summed E-state index contributed by atoms with van der Waals surface area (Å²) in [7, 11) is 0. The predicted molar refractivity (Wildman–Crippen MR) is 101 cm³/mol. The molecule has 2 saturated heterocycles. The third kappa shape index (κ3) is 3.39. The second-order valence-electron chi connectivity index (χ2n) is 7.60. The van der Waals surface area contributed by atoms with Crippen molar-refractivity contribution in [3.05, 3.63) is 71.8 Å². The lowest BCUT2D eigenvalue weighted by molar-refractivity contribution is -0.0466. The van der Waals surface area contributed by atoms with Crippen molar-refractivity contribution in [2.24, 2.45) is 5.92 Å². The molecule has 134 valence electrons. The van der Waals surface area contributed by atoms with Crippen LogP contribution in [0.25, 0.3) is 0 Å². The van der Waals surface area contributed by atoms with Crippen LogP contribution in [0.3, 0.4) is 0 Å². The molecule has 0 saturated carbocycles. The molecule has 4 rings (SSSR count).